The van der Waals surface area contributed by atoms with Crippen molar-refractivity contribution in [2.45, 2.75) is 32.4 Å². The highest BCUT2D eigenvalue weighted by Crippen LogP contribution is 2.38. The van der Waals surface area contributed by atoms with Gasteiger partial charge in [0.05, 0.1) is 5.69 Å². The van der Waals surface area contributed by atoms with E-state index in [9.17, 15) is 4.79 Å². The highest BCUT2D eigenvalue weighted by Gasteiger charge is 2.39. The molecule has 1 amide bonds. The van der Waals surface area contributed by atoms with Crippen molar-refractivity contribution in [1.29, 1.82) is 0 Å². The number of hydrogen-bond acceptors (Lipinski definition) is 7. The topological polar surface area (TPSA) is 85.4 Å². The first-order valence-corrected chi connectivity index (χ1v) is 11.9. The van der Waals surface area contributed by atoms with Gasteiger partial charge in [0.15, 0.2) is 0 Å². The number of benzene rings is 1. The van der Waals surface area contributed by atoms with Crippen LogP contribution in [-0.4, -0.2) is 52.6 Å². The number of carbonyl (C=O) groups is 1. The second kappa shape index (κ2) is 9.21. The number of allylic oxidation sites excluding steroid dienone is 2. The van der Waals surface area contributed by atoms with Crippen LogP contribution in [0.5, 0.6) is 0 Å². The summed E-state index contributed by atoms with van der Waals surface area (Å²) >= 11 is 0. The normalized spacial score (nSPS) is 21.2. The second-order valence-corrected chi connectivity index (χ2v) is 8.87. The number of amides is 1. The summed E-state index contributed by atoms with van der Waals surface area (Å²) in [5.41, 5.74) is 4.99. The van der Waals surface area contributed by atoms with E-state index in [2.05, 4.69) is 51.0 Å². The molecule has 0 saturated carbocycles. The molecule has 1 saturated heterocycles. The van der Waals surface area contributed by atoms with Crippen LogP contribution in [0.25, 0.3) is 5.57 Å². The van der Waals surface area contributed by atoms with Crippen LogP contribution in [0.3, 0.4) is 0 Å². The van der Waals surface area contributed by atoms with E-state index in [1.165, 1.54) is 5.57 Å². The highest BCUT2D eigenvalue weighted by atomic mass is 16.2. The quantitative estimate of drug-likeness (QED) is 0.613. The molecule has 0 radical (unpaired) electrons. The number of nitrogens with zero attached hydrogens (tertiary/aromatic N) is 4. The number of carbonyl (C=O) groups excluding carboxylic acids is 1. The molecule has 3 aliphatic heterocycles. The van der Waals surface area contributed by atoms with Gasteiger partial charge in [-0.25, -0.2) is 9.97 Å². The lowest BCUT2D eigenvalue weighted by Gasteiger charge is -2.35. The molecule has 1 fully saturated rings. The van der Waals surface area contributed by atoms with Gasteiger partial charge in [0.25, 0.3) is 0 Å². The van der Waals surface area contributed by atoms with E-state index in [1.807, 2.05) is 41.6 Å². The molecular formula is C26H31N7O. The third-order valence-corrected chi connectivity index (χ3v) is 6.67. The first kappa shape index (κ1) is 22.0. The van der Waals surface area contributed by atoms with E-state index in [1.54, 1.807) is 13.1 Å². The summed E-state index contributed by atoms with van der Waals surface area (Å²) in [7, 11) is 0. The first-order valence-electron chi connectivity index (χ1n) is 11.9. The summed E-state index contributed by atoms with van der Waals surface area (Å²) in [6.07, 6.45) is 12.1. The predicted octanol–water partition coefficient (Wildman–Crippen LogP) is 3.37. The summed E-state index contributed by atoms with van der Waals surface area (Å²) in [6.45, 7) is 7.05. The van der Waals surface area contributed by atoms with E-state index >= 15 is 0 Å². The number of dihydropyridines is 1. The van der Waals surface area contributed by atoms with E-state index in [0.717, 1.165) is 61.7 Å². The number of aromatic nitrogens is 2. The van der Waals surface area contributed by atoms with Crippen molar-refractivity contribution in [1.82, 2.24) is 25.5 Å². The van der Waals surface area contributed by atoms with Gasteiger partial charge in [-0.15, -0.1) is 0 Å². The fraction of sp³-hybridized carbons (Fsp3) is 0.346. The largest absolute Gasteiger partial charge is 0.368 e. The summed E-state index contributed by atoms with van der Waals surface area (Å²) in [5, 5.41) is 10.4. The smallest absolute Gasteiger partial charge is 0.227 e. The molecule has 3 aliphatic rings. The minimum absolute atomic E-state index is 0.147. The monoisotopic (exact) mass is 457 g/mol. The molecule has 3 N–H and O–H groups in total. The average Bonchev–Trinajstić information content (AvgIpc) is 3.24. The second-order valence-electron chi connectivity index (χ2n) is 8.87. The van der Waals surface area contributed by atoms with E-state index in [-0.39, 0.29) is 11.6 Å². The molecule has 0 bridgehead atoms. The number of hydrogen-bond donors (Lipinski definition) is 3. The Balaban J connectivity index is 1.27. The van der Waals surface area contributed by atoms with Gasteiger partial charge in [0.1, 0.15) is 5.66 Å². The van der Waals surface area contributed by atoms with E-state index < -0.39 is 0 Å². The Morgan fingerprint density at radius 3 is 2.65 bits per heavy atom. The molecule has 4 heterocycles. The van der Waals surface area contributed by atoms with Gasteiger partial charge in [-0.05, 0) is 49.0 Å². The fourth-order valence-corrected chi connectivity index (χ4v) is 4.87. The molecule has 8 nitrogen and oxygen atoms in total. The standard InChI is InChI=1S/C26H31N7O/c1-3-11-26-23(5-4-12-28-26)22(18-29-26)24-10-13-27-25(31-24)30-20-6-8-21(9-7-20)33-16-14-32(15-17-33)19(2)34/h4-10,12-13,18,28-29H,3,11,14-17H2,1-2H3,(H,27,30,31). The van der Waals surface area contributed by atoms with Gasteiger partial charge in [-0.2, -0.15) is 0 Å². The molecule has 1 unspecified atom stereocenters. The third kappa shape index (κ3) is 4.23. The number of nitrogens with one attached hydrogen (secondary N) is 3. The van der Waals surface area contributed by atoms with Gasteiger partial charge >= 0.3 is 0 Å². The van der Waals surface area contributed by atoms with Gasteiger partial charge in [-0.1, -0.05) is 19.4 Å². The average molecular weight is 458 g/mol. The highest BCUT2D eigenvalue weighted by molar-refractivity contribution is 5.83. The third-order valence-electron chi connectivity index (χ3n) is 6.67. The van der Waals surface area contributed by atoms with Crippen molar-refractivity contribution in [3.05, 3.63) is 72.3 Å². The molecule has 1 aromatic carbocycles. The van der Waals surface area contributed by atoms with Crippen molar-refractivity contribution in [2.24, 2.45) is 0 Å². The Morgan fingerprint density at radius 1 is 1.12 bits per heavy atom. The zero-order valence-corrected chi connectivity index (χ0v) is 19.7. The van der Waals surface area contributed by atoms with Crippen LogP contribution in [0.15, 0.2) is 66.7 Å². The zero-order valence-electron chi connectivity index (χ0n) is 19.7. The number of piperazine rings is 1. The maximum Gasteiger partial charge on any atom is 0.227 e. The molecule has 0 spiro atoms. The van der Waals surface area contributed by atoms with Gasteiger partial charge < -0.3 is 25.8 Å². The Bertz CT molecular complexity index is 1150. The molecule has 176 valence electrons. The Labute approximate surface area is 200 Å². The molecule has 8 heteroatoms. The Morgan fingerprint density at radius 2 is 1.91 bits per heavy atom. The van der Waals surface area contributed by atoms with Crippen LogP contribution >= 0.6 is 0 Å². The number of rotatable bonds is 6. The maximum atomic E-state index is 11.6. The minimum atomic E-state index is -0.261. The SMILES string of the molecule is CCCC12NC=CC=C1C(c1ccnc(Nc3ccc(N4CCN(C(C)=O)CC4)cc3)n1)=CN2. The van der Waals surface area contributed by atoms with Crippen molar-refractivity contribution < 1.29 is 4.79 Å². The van der Waals surface area contributed by atoms with Crippen LogP contribution in [0, 0.1) is 0 Å². The van der Waals surface area contributed by atoms with E-state index in [4.69, 9.17) is 4.98 Å². The Kier molecular flexibility index (Phi) is 5.96. The predicted molar refractivity (Wildman–Crippen MR) is 135 cm³/mol. The van der Waals surface area contributed by atoms with Crippen LogP contribution in [0.2, 0.25) is 0 Å². The summed E-state index contributed by atoms with van der Waals surface area (Å²) in [4.78, 5) is 25.0. The molecule has 1 atom stereocenters. The van der Waals surface area contributed by atoms with Crippen LogP contribution < -0.4 is 20.9 Å². The lowest BCUT2D eigenvalue weighted by molar-refractivity contribution is -0.129. The van der Waals surface area contributed by atoms with Crippen molar-refractivity contribution in [2.75, 3.05) is 36.4 Å². The van der Waals surface area contributed by atoms with Crippen LogP contribution in [0.4, 0.5) is 17.3 Å². The van der Waals surface area contributed by atoms with Gasteiger partial charge in [-0.3, -0.25) is 4.79 Å². The summed E-state index contributed by atoms with van der Waals surface area (Å²) in [5.74, 6) is 0.711. The summed E-state index contributed by atoms with van der Waals surface area (Å²) in [6, 6.07) is 10.2. The molecule has 5 rings (SSSR count). The minimum Gasteiger partial charge on any atom is -0.368 e. The Hall–Kier alpha value is -3.81. The lowest BCUT2D eigenvalue weighted by atomic mass is 9.89. The molecular weight excluding hydrogens is 426 g/mol. The molecule has 34 heavy (non-hydrogen) atoms. The number of anilines is 3. The lowest BCUT2D eigenvalue weighted by Crippen LogP contribution is -2.52. The van der Waals surface area contributed by atoms with Crippen molar-refractivity contribution in [3.63, 3.8) is 0 Å². The van der Waals surface area contributed by atoms with Gasteiger partial charge in [0, 0.05) is 68.0 Å². The van der Waals surface area contributed by atoms with Crippen molar-refractivity contribution >= 4 is 28.8 Å². The van der Waals surface area contributed by atoms with Crippen LogP contribution in [0.1, 0.15) is 32.4 Å². The first-order chi connectivity index (χ1) is 16.6. The molecule has 1 aromatic heterocycles. The zero-order chi connectivity index (χ0) is 23.5. The number of fused-ring (bicyclic) bond motifs is 1. The van der Waals surface area contributed by atoms with Gasteiger partial charge in [0.2, 0.25) is 11.9 Å². The maximum absolute atomic E-state index is 11.6. The van der Waals surface area contributed by atoms with E-state index in [0.29, 0.717) is 5.95 Å². The molecule has 2 aromatic rings. The summed E-state index contributed by atoms with van der Waals surface area (Å²) < 4.78 is 0. The fourth-order valence-electron chi connectivity index (χ4n) is 4.87. The van der Waals surface area contributed by atoms with Crippen molar-refractivity contribution in [3.8, 4) is 0 Å². The molecule has 0 aliphatic carbocycles. The van der Waals surface area contributed by atoms with Crippen LogP contribution in [-0.2, 0) is 4.79 Å².